The van der Waals surface area contributed by atoms with E-state index < -0.39 is 0 Å². The number of benzene rings is 3. The first-order chi connectivity index (χ1) is 18.7. The first kappa shape index (κ1) is 28.7. The van der Waals surface area contributed by atoms with Crippen molar-refractivity contribution in [2.24, 2.45) is 5.92 Å². The van der Waals surface area contributed by atoms with Crippen molar-refractivity contribution in [2.75, 3.05) is 6.54 Å². The van der Waals surface area contributed by atoms with Crippen LogP contribution in [0.2, 0.25) is 0 Å². The predicted molar refractivity (Wildman–Crippen MR) is 167 cm³/mol. The number of nitrogens with one attached hydrogen (secondary N) is 2. The van der Waals surface area contributed by atoms with Gasteiger partial charge in [-0.15, -0.1) is 0 Å². The van der Waals surface area contributed by atoms with Crippen molar-refractivity contribution in [3.05, 3.63) is 84.1 Å². The van der Waals surface area contributed by atoms with Gasteiger partial charge in [0.15, 0.2) is 0 Å². The van der Waals surface area contributed by atoms with Crippen LogP contribution in [0.5, 0.6) is 0 Å². The smallest absolute Gasteiger partial charge is 0.268 e. The number of amides is 1. The molecule has 0 radical (unpaired) electrons. The monoisotopic (exact) mass is 522 g/mol. The minimum absolute atomic E-state index is 0.0296. The van der Waals surface area contributed by atoms with Crippen LogP contribution in [-0.4, -0.2) is 17.4 Å². The number of hydrogen-bond acceptors (Lipinski definition) is 1. The molecule has 0 spiro atoms. The Balaban J connectivity index is 1.49. The first-order valence-corrected chi connectivity index (χ1v) is 14.8. The number of fused-ring (bicyclic) bond motifs is 1. The lowest BCUT2D eigenvalue weighted by Crippen LogP contribution is -2.25. The van der Waals surface area contributed by atoms with E-state index in [9.17, 15) is 4.79 Å². The normalized spacial score (nSPS) is 11.8. The highest BCUT2D eigenvalue weighted by Gasteiger charge is 2.20. The Bertz CT molecular complexity index is 1340. The SMILES string of the molecule is CC(C)CCCCCCCCNC(=O)c1[nH]c2ccc(-c3ccc(C(C)(C)C)cc3)cc2c1-c1ccccc1. The van der Waals surface area contributed by atoms with Gasteiger partial charge in [0, 0.05) is 23.0 Å². The van der Waals surface area contributed by atoms with Crippen LogP contribution in [0.25, 0.3) is 33.2 Å². The Morgan fingerprint density at radius 3 is 2.08 bits per heavy atom. The summed E-state index contributed by atoms with van der Waals surface area (Å²) in [5, 5.41) is 4.26. The summed E-state index contributed by atoms with van der Waals surface area (Å²) in [7, 11) is 0. The molecule has 1 heterocycles. The van der Waals surface area contributed by atoms with Crippen LogP contribution < -0.4 is 5.32 Å². The zero-order valence-electron chi connectivity index (χ0n) is 24.6. The van der Waals surface area contributed by atoms with Gasteiger partial charge < -0.3 is 10.3 Å². The van der Waals surface area contributed by atoms with Gasteiger partial charge in [-0.05, 0) is 52.1 Å². The van der Waals surface area contributed by atoms with Crippen molar-refractivity contribution in [3.8, 4) is 22.3 Å². The van der Waals surface area contributed by atoms with Gasteiger partial charge in [-0.25, -0.2) is 0 Å². The molecular weight excluding hydrogens is 476 g/mol. The largest absolute Gasteiger partial charge is 0.351 e. The minimum Gasteiger partial charge on any atom is -0.351 e. The number of aromatic nitrogens is 1. The fourth-order valence-electron chi connectivity index (χ4n) is 5.28. The number of rotatable bonds is 12. The lowest BCUT2D eigenvalue weighted by molar-refractivity contribution is 0.0949. The van der Waals surface area contributed by atoms with E-state index in [2.05, 4.69) is 99.5 Å². The van der Waals surface area contributed by atoms with Crippen molar-refractivity contribution in [1.82, 2.24) is 10.3 Å². The third-order valence-corrected chi connectivity index (χ3v) is 7.67. The van der Waals surface area contributed by atoms with Crippen LogP contribution in [0.1, 0.15) is 95.6 Å². The van der Waals surface area contributed by atoms with Crippen molar-refractivity contribution in [3.63, 3.8) is 0 Å². The van der Waals surface area contributed by atoms with Gasteiger partial charge in [0.25, 0.3) is 5.91 Å². The standard InChI is InChI=1S/C36H46N2O/c1-26(2)15-11-8-6-7-9-14-24-37-35(39)34-33(28-16-12-10-13-17-28)31-25-29(20-23-32(31)38-34)27-18-21-30(22-19-27)36(3,4)5/h10,12-13,16-23,25-26,38H,6-9,11,14-15,24H2,1-5H3,(H,37,39). The molecule has 0 aliphatic rings. The minimum atomic E-state index is -0.0296. The summed E-state index contributed by atoms with van der Waals surface area (Å²) in [4.78, 5) is 16.8. The molecule has 1 amide bonds. The lowest BCUT2D eigenvalue weighted by atomic mass is 9.86. The van der Waals surface area contributed by atoms with E-state index in [1.54, 1.807) is 0 Å². The maximum Gasteiger partial charge on any atom is 0.268 e. The molecule has 0 bridgehead atoms. The molecule has 0 saturated heterocycles. The topological polar surface area (TPSA) is 44.9 Å². The Hall–Kier alpha value is -3.33. The van der Waals surface area contributed by atoms with Crippen molar-refractivity contribution < 1.29 is 4.79 Å². The van der Waals surface area contributed by atoms with Crippen LogP contribution in [-0.2, 0) is 5.41 Å². The molecular formula is C36H46N2O. The molecule has 2 N–H and O–H groups in total. The Kier molecular flexibility index (Phi) is 9.67. The zero-order valence-corrected chi connectivity index (χ0v) is 24.6. The summed E-state index contributed by atoms with van der Waals surface area (Å²) in [6, 6.07) is 25.6. The Labute approximate surface area is 235 Å². The summed E-state index contributed by atoms with van der Waals surface area (Å²) in [6.07, 6.45) is 8.71. The summed E-state index contributed by atoms with van der Waals surface area (Å²) < 4.78 is 0. The summed E-state index contributed by atoms with van der Waals surface area (Å²) >= 11 is 0. The number of carbonyl (C=O) groups is 1. The van der Waals surface area contributed by atoms with Gasteiger partial charge in [-0.2, -0.15) is 0 Å². The average Bonchev–Trinajstić information content (AvgIpc) is 3.31. The van der Waals surface area contributed by atoms with Crippen LogP contribution in [0.3, 0.4) is 0 Å². The highest BCUT2D eigenvalue weighted by Crippen LogP contribution is 2.36. The van der Waals surface area contributed by atoms with Gasteiger partial charge in [0.05, 0.1) is 0 Å². The molecule has 0 fully saturated rings. The Morgan fingerprint density at radius 2 is 1.41 bits per heavy atom. The number of H-pyrrole nitrogens is 1. The summed E-state index contributed by atoms with van der Waals surface area (Å²) in [5.41, 5.74) is 7.43. The maximum atomic E-state index is 13.4. The molecule has 0 aliphatic heterocycles. The third kappa shape index (κ3) is 7.62. The molecule has 0 saturated carbocycles. The molecule has 1 aromatic heterocycles. The van der Waals surface area contributed by atoms with Crippen LogP contribution in [0.15, 0.2) is 72.8 Å². The quantitative estimate of drug-likeness (QED) is 0.179. The van der Waals surface area contributed by atoms with Crippen molar-refractivity contribution in [2.45, 2.75) is 85.0 Å². The number of carbonyl (C=O) groups excluding carboxylic acids is 1. The van der Waals surface area contributed by atoms with Gasteiger partial charge in [0.2, 0.25) is 0 Å². The molecule has 4 rings (SSSR count). The van der Waals surface area contributed by atoms with Crippen LogP contribution >= 0.6 is 0 Å². The maximum absolute atomic E-state index is 13.4. The second-order valence-electron chi connectivity index (χ2n) is 12.4. The van der Waals surface area contributed by atoms with Gasteiger partial charge in [-0.1, -0.05) is 134 Å². The first-order valence-electron chi connectivity index (χ1n) is 14.8. The van der Waals surface area contributed by atoms with E-state index in [1.807, 2.05) is 18.2 Å². The van der Waals surface area contributed by atoms with E-state index in [-0.39, 0.29) is 11.3 Å². The molecule has 206 valence electrons. The number of aromatic amines is 1. The molecule has 3 aromatic carbocycles. The molecule has 4 aromatic rings. The van der Waals surface area contributed by atoms with E-state index in [4.69, 9.17) is 0 Å². The van der Waals surface area contributed by atoms with Gasteiger partial charge in [-0.3, -0.25) is 4.79 Å². The average molecular weight is 523 g/mol. The molecule has 3 heteroatoms. The van der Waals surface area contributed by atoms with E-state index >= 15 is 0 Å². The molecule has 0 unspecified atom stereocenters. The van der Waals surface area contributed by atoms with Crippen LogP contribution in [0.4, 0.5) is 0 Å². The lowest BCUT2D eigenvalue weighted by Gasteiger charge is -2.19. The second kappa shape index (κ2) is 13.2. The third-order valence-electron chi connectivity index (χ3n) is 7.67. The van der Waals surface area contributed by atoms with Gasteiger partial charge in [0.1, 0.15) is 5.69 Å². The highest BCUT2D eigenvalue weighted by molar-refractivity contribution is 6.10. The second-order valence-corrected chi connectivity index (χ2v) is 12.4. The summed E-state index contributed by atoms with van der Waals surface area (Å²) in [5.74, 6) is 0.773. The van der Waals surface area contributed by atoms with E-state index in [0.29, 0.717) is 12.2 Å². The van der Waals surface area contributed by atoms with Crippen molar-refractivity contribution in [1.29, 1.82) is 0 Å². The number of unbranched alkanes of at least 4 members (excludes halogenated alkanes) is 5. The molecule has 0 atom stereocenters. The highest BCUT2D eigenvalue weighted by atomic mass is 16.1. The number of hydrogen-bond donors (Lipinski definition) is 2. The molecule has 0 aliphatic carbocycles. The van der Waals surface area contributed by atoms with Crippen molar-refractivity contribution >= 4 is 16.8 Å². The zero-order chi connectivity index (χ0) is 27.8. The van der Waals surface area contributed by atoms with Gasteiger partial charge >= 0.3 is 0 Å². The Morgan fingerprint density at radius 1 is 0.769 bits per heavy atom. The predicted octanol–water partition coefficient (Wildman–Crippen LogP) is 9.92. The van der Waals surface area contributed by atoms with E-state index in [1.165, 1.54) is 43.2 Å². The summed E-state index contributed by atoms with van der Waals surface area (Å²) in [6.45, 7) is 12.0. The van der Waals surface area contributed by atoms with Crippen LogP contribution in [0, 0.1) is 5.92 Å². The fraction of sp³-hybridized carbons (Fsp3) is 0.417. The van der Waals surface area contributed by atoms with E-state index in [0.717, 1.165) is 46.4 Å². The fourth-order valence-corrected chi connectivity index (χ4v) is 5.28. The molecule has 39 heavy (non-hydrogen) atoms. The molecule has 3 nitrogen and oxygen atoms in total.